The van der Waals surface area contributed by atoms with Crippen molar-refractivity contribution in [3.63, 3.8) is 0 Å². The van der Waals surface area contributed by atoms with Crippen LogP contribution in [0.4, 0.5) is 5.69 Å². The minimum Gasteiger partial charge on any atom is -0.479 e. The minimum absolute atomic E-state index is 0.0290. The van der Waals surface area contributed by atoms with Crippen molar-refractivity contribution < 1.29 is 9.53 Å². The molecule has 2 aromatic carbocycles. The number of carbonyl (C=O) groups excluding carboxylic acids is 1. The first kappa shape index (κ1) is 13.0. The quantitative estimate of drug-likeness (QED) is 0.844. The van der Waals surface area contributed by atoms with E-state index in [0.29, 0.717) is 11.6 Å². The van der Waals surface area contributed by atoms with Gasteiger partial charge in [-0.3, -0.25) is 4.79 Å². The summed E-state index contributed by atoms with van der Waals surface area (Å²) in [6, 6.07) is 15.1. The third-order valence-corrected chi connectivity index (χ3v) is 3.58. The van der Waals surface area contributed by atoms with Gasteiger partial charge < -0.3 is 9.64 Å². The molecule has 0 bridgehead atoms. The van der Waals surface area contributed by atoms with Gasteiger partial charge in [0.05, 0.1) is 12.2 Å². The third-order valence-electron chi connectivity index (χ3n) is 3.33. The standard InChI is InChI=1S/C16H14ClNO2/c1-11-16(19)18(10-12-6-8-13(17)9-7-12)14-4-2-3-5-15(14)20-11/h2-9,11H,10H2,1H3/t11-/m0/s1. The van der Waals surface area contributed by atoms with Gasteiger partial charge in [0.1, 0.15) is 5.75 Å². The summed E-state index contributed by atoms with van der Waals surface area (Å²) >= 11 is 5.89. The lowest BCUT2D eigenvalue weighted by molar-refractivity contribution is -0.125. The molecule has 0 N–H and O–H groups in total. The van der Waals surface area contributed by atoms with Crippen molar-refractivity contribution in [1.29, 1.82) is 0 Å². The third kappa shape index (κ3) is 2.37. The first-order valence-corrected chi connectivity index (χ1v) is 6.84. The van der Waals surface area contributed by atoms with Crippen LogP contribution in [0.3, 0.4) is 0 Å². The smallest absolute Gasteiger partial charge is 0.268 e. The second-order valence-corrected chi connectivity index (χ2v) is 5.22. The number of benzene rings is 2. The van der Waals surface area contributed by atoms with E-state index in [2.05, 4.69) is 0 Å². The maximum absolute atomic E-state index is 12.3. The normalized spacial score (nSPS) is 17.6. The van der Waals surface area contributed by atoms with Crippen LogP contribution in [-0.4, -0.2) is 12.0 Å². The van der Waals surface area contributed by atoms with Gasteiger partial charge in [-0.05, 0) is 36.8 Å². The zero-order valence-corrected chi connectivity index (χ0v) is 11.8. The van der Waals surface area contributed by atoms with E-state index >= 15 is 0 Å². The molecule has 1 aliphatic heterocycles. The molecule has 0 radical (unpaired) electrons. The van der Waals surface area contributed by atoms with Crippen molar-refractivity contribution in [2.75, 3.05) is 4.90 Å². The van der Waals surface area contributed by atoms with Gasteiger partial charge in [-0.15, -0.1) is 0 Å². The lowest BCUT2D eigenvalue weighted by Crippen LogP contribution is -2.43. The fourth-order valence-electron chi connectivity index (χ4n) is 2.29. The molecule has 20 heavy (non-hydrogen) atoms. The van der Waals surface area contributed by atoms with Gasteiger partial charge in [0.2, 0.25) is 0 Å². The zero-order chi connectivity index (χ0) is 14.1. The van der Waals surface area contributed by atoms with E-state index < -0.39 is 6.10 Å². The Bertz CT molecular complexity index is 639. The Morgan fingerprint density at radius 2 is 1.85 bits per heavy atom. The van der Waals surface area contributed by atoms with E-state index in [1.165, 1.54) is 0 Å². The molecule has 3 rings (SSSR count). The summed E-state index contributed by atoms with van der Waals surface area (Å²) in [5, 5.41) is 0.691. The van der Waals surface area contributed by atoms with Gasteiger partial charge in [0.15, 0.2) is 6.10 Å². The number of hydrogen-bond donors (Lipinski definition) is 0. The van der Waals surface area contributed by atoms with Crippen LogP contribution in [0.15, 0.2) is 48.5 Å². The Kier molecular flexibility index (Phi) is 3.36. The molecule has 1 amide bonds. The molecule has 1 aliphatic rings. The van der Waals surface area contributed by atoms with E-state index in [1.807, 2.05) is 48.5 Å². The van der Waals surface area contributed by atoms with Crippen LogP contribution >= 0.6 is 11.6 Å². The second kappa shape index (κ2) is 5.17. The molecule has 3 nitrogen and oxygen atoms in total. The highest BCUT2D eigenvalue weighted by Gasteiger charge is 2.31. The van der Waals surface area contributed by atoms with Crippen LogP contribution in [0.2, 0.25) is 5.02 Å². The Hall–Kier alpha value is -2.00. The largest absolute Gasteiger partial charge is 0.479 e. The van der Waals surface area contributed by atoms with Gasteiger partial charge in [-0.2, -0.15) is 0 Å². The fourth-order valence-corrected chi connectivity index (χ4v) is 2.42. The lowest BCUT2D eigenvalue weighted by atomic mass is 10.1. The van der Waals surface area contributed by atoms with E-state index in [-0.39, 0.29) is 5.91 Å². The zero-order valence-electron chi connectivity index (χ0n) is 11.0. The van der Waals surface area contributed by atoms with Gasteiger partial charge in [-0.25, -0.2) is 0 Å². The second-order valence-electron chi connectivity index (χ2n) is 4.78. The number of anilines is 1. The molecule has 0 fully saturated rings. The van der Waals surface area contributed by atoms with Crippen molar-refractivity contribution in [3.05, 3.63) is 59.1 Å². The van der Waals surface area contributed by atoms with Crippen molar-refractivity contribution in [1.82, 2.24) is 0 Å². The van der Waals surface area contributed by atoms with Crippen molar-refractivity contribution in [2.45, 2.75) is 19.6 Å². The number of fused-ring (bicyclic) bond motifs is 1. The van der Waals surface area contributed by atoms with Crippen molar-refractivity contribution in [2.24, 2.45) is 0 Å². The van der Waals surface area contributed by atoms with Crippen LogP contribution in [0.25, 0.3) is 0 Å². The number of carbonyl (C=O) groups is 1. The predicted molar refractivity (Wildman–Crippen MR) is 79.2 cm³/mol. The Morgan fingerprint density at radius 3 is 2.60 bits per heavy atom. The molecular formula is C16H14ClNO2. The Morgan fingerprint density at radius 1 is 1.15 bits per heavy atom. The SMILES string of the molecule is C[C@@H]1Oc2ccccc2N(Cc2ccc(Cl)cc2)C1=O. The summed E-state index contributed by atoms with van der Waals surface area (Å²) < 4.78 is 5.62. The molecule has 2 aromatic rings. The van der Waals surface area contributed by atoms with Crippen LogP contribution in [0, 0.1) is 0 Å². The summed E-state index contributed by atoms with van der Waals surface area (Å²) in [6.07, 6.45) is -0.461. The molecule has 0 aliphatic carbocycles. The number of hydrogen-bond acceptors (Lipinski definition) is 2. The molecule has 0 unspecified atom stereocenters. The highest BCUT2D eigenvalue weighted by Crippen LogP contribution is 2.34. The molecule has 4 heteroatoms. The number of para-hydroxylation sites is 2. The van der Waals surface area contributed by atoms with Gasteiger partial charge >= 0.3 is 0 Å². The summed E-state index contributed by atoms with van der Waals surface area (Å²) in [4.78, 5) is 14.1. The molecular weight excluding hydrogens is 274 g/mol. The van der Waals surface area contributed by atoms with E-state index in [4.69, 9.17) is 16.3 Å². The molecule has 0 saturated heterocycles. The average Bonchev–Trinajstić information content (AvgIpc) is 2.46. The number of rotatable bonds is 2. The first-order chi connectivity index (χ1) is 9.65. The van der Waals surface area contributed by atoms with Crippen LogP contribution in [0.1, 0.15) is 12.5 Å². The van der Waals surface area contributed by atoms with Crippen LogP contribution in [-0.2, 0) is 11.3 Å². The molecule has 1 atom stereocenters. The predicted octanol–water partition coefficient (Wildman–Crippen LogP) is 3.65. The Balaban J connectivity index is 1.95. The Labute approximate surface area is 122 Å². The maximum atomic E-state index is 12.3. The highest BCUT2D eigenvalue weighted by molar-refractivity contribution is 6.30. The molecule has 102 valence electrons. The van der Waals surface area contributed by atoms with Crippen molar-refractivity contribution in [3.8, 4) is 5.75 Å². The molecule has 0 aromatic heterocycles. The van der Waals surface area contributed by atoms with Crippen LogP contribution < -0.4 is 9.64 Å². The fraction of sp³-hybridized carbons (Fsp3) is 0.188. The first-order valence-electron chi connectivity index (χ1n) is 6.46. The van der Waals surface area contributed by atoms with E-state index in [9.17, 15) is 4.79 Å². The minimum atomic E-state index is -0.461. The number of halogens is 1. The number of nitrogens with zero attached hydrogens (tertiary/aromatic N) is 1. The van der Waals surface area contributed by atoms with E-state index in [1.54, 1.807) is 11.8 Å². The average molecular weight is 288 g/mol. The topological polar surface area (TPSA) is 29.5 Å². The monoisotopic (exact) mass is 287 g/mol. The summed E-state index contributed by atoms with van der Waals surface area (Å²) in [5.74, 6) is 0.715. The summed E-state index contributed by atoms with van der Waals surface area (Å²) in [5.41, 5.74) is 1.84. The lowest BCUT2D eigenvalue weighted by Gasteiger charge is -2.33. The van der Waals surface area contributed by atoms with Gasteiger partial charge in [0, 0.05) is 5.02 Å². The van der Waals surface area contributed by atoms with Crippen molar-refractivity contribution >= 4 is 23.2 Å². The number of ether oxygens (including phenoxy) is 1. The van der Waals surface area contributed by atoms with Gasteiger partial charge in [0.25, 0.3) is 5.91 Å². The number of amides is 1. The molecule has 0 saturated carbocycles. The highest BCUT2D eigenvalue weighted by atomic mass is 35.5. The van der Waals surface area contributed by atoms with Crippen LogP contribution in [0.5, 0.6) is 5.75 Å². The molecule has 1 heterocycles. The summed E-state index contributed by atoms with van der Waals surface area (Å²) in [6.45, 7) is 2.29. The summed E-state index contributed by atoms with van der Waals surface area (Å²) in [7, 11) is 0. The molecule has 0 spiro atoms. The van der Waals surface area contributed by atoms with Gasteiger partial charge in [-0.1, -0.05) is 35.9 Å². The van der Waals surface area contributed by atoms with E-state index in [0.717, 1.165) is 17.0 Å². The maximum Gasteiger partial charge on any atom is 0.268 e.